The highest BCUT2D eigenvalue weighted by molar-refractivity contribution is 5.95. The van der Waals surface area contributed by atoms with Crippen molar-refractivity contribution in [1.29, 1.82) is 0 Å². The molecule has 2 N–H and O–H groups in total. The van der Waals surface area contributed by atoms with Crippen LogP contribution in [0.2, 0.25) is 0 Å². The molecule has 1 aromatic rings. The third-order valence-corrected chi connectivity index (χ3v) is 4.89. The van der Waals surface area contributed by atoms with Crippen molar-refractivity contribution in [1.82, 2.24) is 15.5 Å². The molecule has 0 aliphatic carbocycles. The molecule has 0 radical (unpaired) electrons. The molecule has 0 aromatic heterocycles. The topological polar surface area (TPSA) is 79.9 Å². The van der Waals surface area contributed by atoms with Crippen LogP contribution in [-0.2, 0) is 4.79 Å². The fourth-order valence-corrected chi connectivity index (χ4v) is 3.28. The highest BCUT2D eigenvalue weighted by Crippen LogP contribution is 2.25. The van der Waals surface area contributed by atoms with Gasteiger partial charge >= 0.3 is 0 Å². The average Bonchev–Trinajstić information content (AvgIpc) is 2.71. The van der Waals surface area contributed by atoms with Crippen LogP contribution in [-0.4, -0.2) is 63.2 Å². The Morgan fingerprint density at radius 1 is 1.14 bits per heavy atom. The number of nitrogens with one attached hydrogen (secondary N) is 2. The molecular formula is C20H32ClN3O4. The number of ether oxygens (including phenoxy) is 2. The van der Waals surface area contributed by atoms with E-state index < -0.39 is 0 Å². The molecule has 158 valence electrons. The zero-order valence-electron chi connectivity index (χ0n) is 17.1. The number of carbonyl (C=O) groups is 2. The normalized spacial score (nSPS) is 15.4. The van der Waals surface area contributed by atoms with Crippen molar-refractivity contribution in [2.24, 2.45) is 5.92 Å². The second-order valence-corrected chi connectivity index (χ2v) is 6.87. The summed E-state index contributed by atoms with van der Waals surface area (Å²) in [7, 11) is 3.12. The van der Waals surface area contributed by atoms with Gasteiger partial charge < -0.3 is 25.0 Å². The van der Waals surface area contributed by atoms with Gasteiger partial charge in [-0.15, -0.1) is 12.4 Å². The molecule has 7 nitrogen and oxygen atoms in total. The smallest absolute Gasteiger partial charge is 0.254 e. The van der Waals surface area contributed by atoms with Gasteiger partial charge in [0.25, 0.3) is 5.91 Å². The summed E-state index contributed by atoms with van der Waals surface area (Å²) in [5, 5.41) is 6.28. The van der Waals surface area contributed by atoms with Crippen LogP contribution in [0.5, 0.6) is 11.5 Å². The second kappa shape index (κ2) is 11.8. The second-order valence-electron chi connectivity index (χ2n) is 6.87. The lowest BCUT2D eigenvalue weighted by Gasteiger charge is -2.31. The van der Waals surface area contributed by atoms with Gasteiger partial charge in [-0.3, -0.25) is 9.59 Å². The number of amides is 2. The van der Waals surface area contributed by atoms with E-state index in [2.05, 4.69) is 10.6 Å². The molecule has 0 bridgehead atoms. The van der Waals surface area contributed by atoms with Crippen LogP contribution in [0.1, 0.15) is 37.0 Å². The quantitative estimate of drug-likeness (QED) is 0.682. The van der Waals surface area contributed by atoms with Gasteiger partial charge in [0.2, 0.25) is 5.91 Å². The summed E-state index contributed by atoms with van der Waals surface area (Å²) in [5.41, 5.74) is 0.536. The zero-order chi connectivity index (χ0) is 19.8. The van der Waals surface area contributed by atoms with Gasteiger partial charge in [-0.05, 0) is 38.4 Å². The van der Waals surface area contributed by atoms with Gasteiger partial charge in [0.05, 0.1) is 14.2 Å². The van der Waals surface area contributed by atoms with E-state index in [4.69, 9.17) is 9.47 Å². The number of methoxy groups -OCH3 is 2. The molecule has 0 spiro atoms. The first-order valence-electron chi connectivity index (χ1n) is 9.51. The van der Waals surface area contributed by atoms with Gasteiger partial charge in [-0.1, -0.05) is 6.92 Å². The molecule has 1 aromatic carbocycles. The highest BCUT2D eigenvalue weighted by Gasteiger charge is 2.28. The molecule has 2 rings (SSSR count). The lowest BCUT2D eigenvalue weighted by atomic mass is 9.95. The van der Waals surface area contributed by atoms with Crippen LogP contribution < -0.4 is 20.1 Å². The number of nitrogens with zero attached hydrogens (tertiary/aromatic N) is 1. The molecule has 0 saturated carbocycles. The van der Waals surface area contributed by atoms with Crippen molar-refractivity contribution >= 4 is 24.2 Å². The minimum Gasteiger partial charge on any atom is -0.497 e. The van der Waals surface area contributed by atoms with Crippen molar-refractivity contribution in [3.63, 3.8) is 0 Å². The third kappa shape index (κ3) is 6.56. The standard InChI is InChI=1S/C20H31N3O4.ClH/c1-5-21-14(2)13-22-19(24)15-6-8-23(9-7-15)20(25)16-10-17(26-3)12-18(11-16)27-4;/h10-12,14-15,21H,5-9,13H2,1-4H3,(H,22,24);1H/t14-;/m1./s1. The molecule has 1 aliphatic rings. The number of likely N-dealkylation sites (N-methyl/N-ethyl adjacent to an activating group) is 1. The van der Waals surface area contributed by atoms with Crippen LogP contribution in [0.15, 0.2) is 18.2 Å². The van der Waals surface area contributed by atoms with Gasteiger partial charge in [-0.25, -0.2) is 0 Å². The van der Waals surface area contributed by atoms with Gasteiger partial charge in [0, 0.05) is 43.2 Å². The number of hydrogen-bond donors (Lipinski definition) is 2. The maximum absolute atomic E-state index is 12.8. The number of rotatable bonds is 8. The van der Waals surface area contributed by atoms with E-state index in [1.165, 1.54) is 0 Å². The molecule has 1 fully saturated rings. The molecule has 0 unspecified atom stereocenters. The summed E-state index contributed by atoms with van der Waals surface area (Å²) in [6.07, 6.45) is 1.35. The fourth-order valence-electron chi connectivity index (χ4n) is 3.28. The molecule has 2 amide bonds. The van der Waals surface area contributed by atoms with E-state index >= 15 is 0 Å². The van der Waals surface area contributed by atoms with E-state index in [0.717, 1.165) is 6.54 Å². The Hall–Kier alpha value is -1.99. The summed E-state index contributed by atoms with van der Waals surface area (Å²) >= 11 is 0. The Morgan fingerprint density at radius 2 is 1.71 bits per heavy atom. The Balaban J connectivity index is 0.00000392. The van der Waals surface area contributed by atoms with E-state index in [9.17, 15) is 9.59 Å². The predicted octanol–water partition coefficient (Wildman–Crippen LogP) is 2.09. The maximum Gasteiger partial charge on any atom is 0.254 e. The van der Waals surface area contributed by atoms with Crippen molar-refractivity contribution in [3.8, 4) is 11.5 Å². The molecule has 28 heavy (non-hydrogen) atoms. The van der Waals surface area contributed by atoms with Gasteiger partial charge in [0.1, 0.15) is 11.5 Å². The highest BCUT2D eigenvalue weighted by atomic mass is 35.5. The van der Waals surface area contributed by atoms with Gasteiger partial charge in [0.15, 0.2) is 0 Å². The number of likely N-dealkylation sites (tertiary alicyclic amines) is 1. The minimum atomic E-state index is -0.0631. The number of halogens is 1. The van der Waals surface area contributed by atoms with E-state index in [1.807, 2.05) is 13.8 Å². The molecule has 1 atom stereocenters. The summed E-state index contributed by atoms with van der Waals surface area (Å²) in [5.74, 6) is 1.15. The number of hydrogen-bond acceptors (Lipinski definition) is 5. The number of carbonyl (C=O) groups excluding carboxylic acids is 2. The first-order valence-corrected chi connectivity index (χ1v) is 9.51. The Bertz CT molecular complexity index is 626. The first-order chi connectivity index (χ1) is 13.0. The average molecular weight is 414 g/mol. The Labute approximate surface area is 173 Å². The van der Waals surface area contributed by atoms with Crippen molar-refractivity contribution in [2.75, 3.05) is 40.4 Å². The molecule has 1 saturated heterocycles. The van der Waals surface area contributed by atoms with Crippen LogP contribution in [0.25, 0.3) is 0 Å². The van der Waals surface area contributed by atoms with Crippen LogP contribution in [0, 0.1) is 5.92 Å². The molecule has 1 heterocycles. The van der Waals surface area contributed by atoms with E-state index in [1.54, 1.807) is 37.3 Å². The van der Waals surface area contributed by atoms with Crippen molar-refractivity contribution < 1.29 is 19.1 Å². The third-order valence-electron chi connectivity index (χ3n) is 4.89. The first kappa shape index (κ1) is 24.0. The monoisotopic (exact) mass is 413 g/mol. The van der Waals surface area contributed by atoms with Crippen LogP contribution in [0.3, 0.4) is 0 Å². The minimum absolute atomic E-state index is 0. The van der Waals surface area contributed by atoms with Crippen molar-refractivity contribution in [2.45, 2.75) is 32.7 Å². The zero-order valence-corrected chi connectivity index (χ0v) is 17.9. The molecule has 1 aliphatic heterocycles. The molecular weight excluding hydrogens is 382 g/mol. The lowest BCUT2D eigenvalue weighted by molar-refractivity contribution is -0.126. The largest absolute Gasteiger partial charge is 0.497 e. The summed E-state index contributed by atoms with van der Waals surface area (Å²) < 4.78 is 10.5. The van der Waals surface area contributed by atoms with Crippen LogP contribution >= 0.6 is 12.4 Å². The number of piperidine rings is 1. The molecule has 8 heteroatoms. The van der Waals surface area contributed by atoms with Crippen molar-refractivity contribution in [3.05, 3.63) is 23.8 Å². The van der Waals surface area contributed by atoms with E-state index in [-0.39, 0.29) is 36.2 Å². The predicted molar refractivity (Wildman–Crippen MR) is 112 cm³/mol. The Kier molecular flexibility index (Phi) is 10.1. The van der Waals surface area contributed by atoms with E-state index in [0.29, 0.717) is 49.5 Å². The SMILES string of the molecule is CCN[C@H](C)CNC(=O)C1CCN(C(=O)c2cc(OC)cc(OC)c2)CC1.Cl. The summed E-state index contributed by atoms with van der Waals surface area (Å²) in [6, 6.07) is 5.42. The van der Waals surface area contributed by atoms with Gasteiger partial charge in [-0.2, -0.15) is 0 Å². The Morgan fingerprint density at radius 3 is 2.21 bits per heavy atom. The summed E-state index contributed by atoms with van der Waals surface area (Å²) in [4.78, 5) is 26.9. The lowest BCUT2D eigenvalue weighted by Crippen LogP contribution is -2.45. The maximum atomic E-state index is 12.8. The van der Waals surface area contributed by atoms with Crippen LogP contribution in [0.4, 0.5) is 0 Å². The number of benzene rings is 1. The summed E-state index contributed by atoms with van der Waals surface area (Å²) in [6.45, 7) is 6.73. The fraction of sp³-hybridized carbons (Fsp3) is 0.600.